The highest BCUT2D eigenvalue weighted by molar-refractivity contribution is 9.11. The van der Waals surface area contributed by atoms with Crippen LogP contribution in [0.1, 0.15) is 5.56 Å². The minimum atomic E-state index is -1.15. The second-order valence-corrected chi connectivity index (χ2v) is 11.3. The van der Waals surface area contributed by atoms with Crippen molar-refractivity contribution in [2.24, 2.45) is 0 Å². The van der Waals surface area contributed by atoms with E-state index in [0.717, 1.165) is 17.6 Å². The van der Waals surface area contributed by atoms with E-state index in [0.29, 0.717) is 0 Å². The van der Waals surface area contributed by atoms with Crippen LogP contribution in [0.2, 0.25) is 19.6 Å². The normalized spacial score (nSPS) is 11.5. The molecule has 1 N–H and O–H groups in total. The third kappa shape index (κ3) is 4.64. The van der Waals surface area contributed by atoms with Crippen molar-refractivity contribution in [3.63, 3.8) is 0 Å². The first kappa shape index (κ1) is 13.7. The first-order valence-electron chi connectivity index (χ1n) is 5.53. The van der Waals surface area contributed by atoms with Gasteiger partial charge in [0.05, 0.1) is 8.07 Å². The van der Waals surface area contributed by atoms with Gasteiger partial charge in [0.1, 0.15) is 0 Å². The van der Waals surface area contributed by atoms with E-state index < -0.39 is 8.07 Å². The molecule has 0 fully saturated rings. The van der Waals surface area contributed by atoms with Gasteiger partial charge >= 0.3 is 0 Å². The summed E-state index contributed by atoms with van der Waals surface area (Å²) < 4.78 is 0.992. The van der Waals surface area contributed by atoms with Gasteiger partial charge in [0, 0.05) is 17.6 Å². The molecule has 0 saturated carbocycles. The summed E-state index contributed by atoms with van der Waals surface area (Å²) in [7, 11) is -1.15. The molecule has 0 aliphatic carbocycles. The van der Waals surface area contributed by atoms with Gasteiger partial charge in [-0.3, -0.25) is 0 Å². The number of rotatable bonds is 5. The molecule has 0 spiro atoms. The van der Waals surface area contributed by atoms with E-state index in [2.05, 4.69) is 71.7 Å². The van der Waals surface area contributed by atoms with Crippen LogP contribution in [0.3, 0.4) is 0 Å². The Morgan fingerprint density at radius 3 is 2.25 bits per heavy atom. The Bertz CT molecular complexity index is 351. The summed E-state index contributed by atoms with van der Waals surface area (Å²) in [5.41, 5.74) is 1.33. The average Bonchev–Trinajstić information content (AvgIpc) is 2.16. The van der Waals surface area contributed by atoms with Crippen molar-refractivity contribution < 1.29 is 0 Å². The van der Waals surface area contributed by atoms with E-state index in [4.69, 9.17) is 0 Å². The molecule has 0 saturated heterocycles. The molecule has 1 aromatic rings. The van der Waals surface area contributed by atoms with Crippen LogP contribution in [0, 0.1) is 0 Å². The molecule has 3 heteroatoms. The minimum Gasteiger partial charge on any atom is -0.308 e. The van der Waals surface area contributed by atoms with E-state index in [1.807, 2.05) is 0 Å². The maximum atomic E-state index is 3.79. The quantitative estimate of drug-likeness (QED) is 0.823. The number of benzene rings is 1. The first-order valence-corrected chi connectivity index (χ1v) is 9.82. The second-order valence-electron chi connectivity index (χ2n) is 5.07. The van der Waals surface area contributed by atoms with Crippen molar-refractivity contribution in [1.82, 2.24) is 5.32 Å². The van der Waals surface area contributed by atoms with Crippen LogP contribution in [-0.4, -0.2) is 14.6 Å². The average molecular weight is 298 g/mol. The highest BCUT2D eigenvalue weighted by Gasteiger charge is 2.15. The predicted octanol–water partition coefficient (Wildman–Crippen LogP) is 3.23. The Kier molecular flexibility index (Phi) is 4.96. The molecular formula is C13H20BrNSi. The van der Waals surface area contributed by atoms with E-state index >= 15 is 0 Å². The van der Waals surface area contributed by atoms with Crippen LogP contribution in [-0.2, 0) is 6.54 Å². The van der Waals surface area contributed by atoms with Gasteiger partial charge in [-0.15, -0.1) is 0 Å². The van der Waals surface area contributed by atoms with Gasteiger partial charge in [-0.25, -0.2) is 0 Å². The summed E-state index contributed by atoms with van der Waals surface area (Å²) in [6, 6.07) is 8.98. The zero-order valence-corrected chi connectivity index (χ0v) is 12.9. The Morgan fingerprint density at radius 1 is 1.25 bits per heavy atom. The summed E-state index contributed by atoms with van der Waals surface area (Å²) in [4.78, 5) is 0. The molecule has 0 unspecified atom stereocenters. The van der Waals surface area contributed by atoms with E-state index in [1.54, 1.807) is 0 Å². The largest absolute Gasteiger partial charge is 0.308 e. The fraction of sp³-hybridized carbons (Fsp3) is 0.385. The van der Waals surface area contributed by atoms with Gasteiger partial charge in [0.15, 0.2) is 0 Å². The molecule has 0 aliphatic heterocycles. The van der Waals surface area contributed by atoms with Crippen molar-refractivity contribution in [2.75, 3.05) is 6.54 Å². The lowest BCUT2D eigenvalue weighted by Crippen LogP contribution is -2.37. The van der Waals surface area contributed by atoms with Crippen molar-refractivity contribution in [3.8, 4) is 0 Å². The molecule has 0 aliphatic rings. The molecule has 1 aromatic carbocycles. The van der Waals surface area contributed by atoms with E-state index in [-0.39, 0.29) is 0 Å². The van der Waals surface area contributed by atoms with Crippen molar-refractivity contribution in [3.05, 3.63) is 40.9 Å². The molecule has 0 radical (unpaired) electrons. The number of halogens is 1. The Morgan fingerprint density at radius 2 is 1.81 bits per heavy atom. The Labute approximate surface area is 108 Å². The lowest BCUT2D eigenvalue weighted by atomic mass is 10.2. The SMILES string of the molecule is C=C(Br)CNCc1ccc([Si](C)(C)C)cc1. The van der Waals surface area contributed by atoms with E-state index in [1.165, 1.54) is 10.8 Å². The van der Waals surface area contributed by atoms with Crippen molar-refractivity contribution >= 4 is 29.2 Å². The number of nitrogens with one attached hydrogen (secondary N) is 1. The molecular weight excluding hydrogens is 278 g/mol. The third-order valence-corrected chi connectivity index (χ3v) is 4.81. The monoisotopic (exact) mass is 297 g/mol. The van der Waals surface area contributed by atoms with Gasteiger partial charge < -0.3 is 5.32 Å². The molecule has 0 bridgehead atoms. The Hall–Kier alpha value is -0.383. The van der Waals surface area contributed by atoms with Crippen molar-refractivity contribution in [2.45, 2.75) is 26.2 Å². The van der Waals surface area contributed by atoms with Gasteiger partial charge in [-0.05, 0) is 5.56 Å². The van der Waals surface area contributed by atoms with Gasteiger partial charge in [-0.2, -0.15) is 0 Å². The summed E-state index contributed by atoms with van der Waals surface area (Å²) in [5.74, 6) is 0. The summed E-state index contributed by atoms with van der Waals surface area (Å²) in [6.07, 6.45) is 0. The van der Waals surface area contributed by atoms with Crippen LogP contribution in [0.5, 0.6) is 0 Å². The fourth-order valence-corrected chi connectivity index (χ4v) is 2.83. The third-order valence-electron chi connectivity index (χ3n) is 2.47. The summed E-state index contributed by atoms with van der Waals surface area (Å²) >= 11 is 3.33. The zero-order chi connectivity index (χ0) is 12.2. The molecule has 1 nitrogen and oxygen atoms in total. The lowest BCUT2D eigenvalue weighted by molar-refractivity contribution is 0.757. The fourth-order valence-electron chi connectivity index (χ4n) is 1.47. The maximum Gasteiger partial charge on any atom is 0.0775 e. The van der Waals surface area contributed by atoms with Crippen LogP contribution >= 0.6 is 15.9 Å². The topological polar surface area (TPSA) is 12.0 Å². The predicted molar refractivity (Wildman–Crippen MR) is 79.2 cm³/mol. The molecule has 1 rings (SSSR count). The molecule has 0 amide bonds. The number of hydrogen-bond donors (Lipinski definition) is 1. The van der Waals surface area contributed by atoms with Gasteiger partial charge in [0.2, 0.25) is 0 Å². The minimum absolute atomic E-state index is 0.815. The molecule has 88 valence electrons. The molecule has 0 atom stereocenters. The molecule has 0 heterocycles. The van der Waals surface area contributed by atoms with Crippen LogP contribution in [0.4, 0.5) is 0 Å². The lowest BCUT2D eigenvalue weighted by Gasteiger charge is -2.16. The molecule has 16 heavy (non-hydrogen) atoms. The summed E-state index contributed by atoms with van der Waals surface area (Å²) in [6.45, 7) is 12.6. The van der Waals surface area contributed by atoms with E-state index in [9.17, 15) is 0 Å². The van der Waals surface area contributed by atoms with Gasteiger partial charge in [-0.1, -0.05) is 71.6 Å². The highest BCUT2D eigenvalue weighted by atomic mass is 79.9. The maximum absolute atomic E-state index is 3.79. The zero-order valence-electron chi connectivity index (χ0n) is 10.3. The van der Waals surface area contributed by atoms with Crippen LogP contribution in [0.25, 0.3) is 0 Å². The highest BCUT2D eigenvalue weighted by Crippen LogP contribution is 2.05. The smallest absolute Gasteiger partial charge is 0.0775 e. The second kappa shape index (κ2) is 5.80. The summed E-state index contributed by atoms with van der Waals surface area (Å²) in [5, 5.41) is 4.84. The van der Waals surface area contributed by atoms with Crippen LogP contribution in [0.15, 0.2) is 35.3 Å². The molecule has 0 aromatic heterocycles. The van der Waals surface area contributed by atoms with Crippen LogP contribution < -0.4 is 10.5 Å². The number of hydrogen-bond acceptors (Lipinski definition) is 1. The van der Waals surface area contributed by atoms with Crippen molar-refractivity contribution in [1.29, 1.82) is 0 Å². The first-order chi connectivity index (χ1) is 7.39. The standard InChI is InChI=1S/C13H20BrNSi/c1-11(14)9-15-10-12-5-7-13(8-6-12)16(2,3)4/h5-8,15H,1,9-10H2,2-4H3. The Balaban J connectivity index is 2.55. The van der Waals surface area contributed by atoms with Gasteiger partial charge in [0.25, 0.3) is 0 Å².